The minimum Gasteiger partial charge on any atom is -0.492 e. The smallest absolute Gasteiger partial charge is 0.150 e. The Morgan fingerprint density at radius 3 is 2.62 bits per heavy atom. The van der Waals surface area contributed by atoms with E-state index < -0.39 is 0 Å². The van der Waals surface area contributed by atoms with Crippen molar-refractivity contribution in [2.24, 2.45) is 0 Å². The molecule has 0 aliphatic carbocycles. The van der Waals surface area contributed by atoms with Crippen LogP contribution in [0.3, 0.4) is 0 Å². The molecular formula is C10H13NO2. The Kier molecular flexibility index (Phi) is 3.99. The zero-order valence-corrected chi connectivity index (χ0v) is 7.62. The van der Waals surface area contributed by atoms with Crippen LogP contribution in [0.25, 0.3) is 0 Å². The van der Waals surface area contributed by atoms with E-state index in [1.807, 2.05) is 7.05 Å². The van der Waals surface area contributed by atoms with Crippen LogP contribution in [0.2, 0.25) is 0 Å². The molecule has 70 valence electrons. The molecule has 0 aliphatic rings. The Labute approximate surface area is 77.7 Å². The first-order valence-electron chi connectivity index (χ1n) is 4.19. The SMILES string of the molecule is CNCCOc1ccc(C=O)cc1. The Hall–Kier alpha value is -1.35. The fraction of sp³-hybridized carbons (Fsp3) is 0.300. The van der Waals surface area contributed by atoms with Crippen LogP contribution in [0.1, 0.15) is 10.4 Å². The third-order valence-corrected chi connectivity index (χ3v) is 1.64. The molecular weight excluding hydrogens is 166 g/mol. The summed E-state index contributed by atoms with van der Waals surface area (Å²) in [4.78, 5) is 10.3. The molecule has 1 aromatic rings. The van der Waals surface area contributed by atoms with Crippen LogP contribution >= 0.6 is 0 Å². The monoisotopic (exact) mass is 179 g/mol. The Balaban J connectivity index is 2.44. The molecule has 13 heavy (non-hydrogen) atoms. The third kappa shape index (κ3) is 3.25. The van der Waals surface area contributed by atoms with Gasteiger partial charge in [0, 0.05) is 12.1 Å². The molecule has 0 fully saturated rings. The minimum atomic E-state index is 0.636. The number of likely N-dealkylation sites (N-methyl/N-ethyl adjacent to an activating group) is 1. The summed E-state index contributed by atoms with van der Waals surface area (Å²) in [7, 11) is 1.87. The van der Waals surface area contributed by atoms with Gasteiger partial charge in [-0.25, -0.2) is 0 Å². The first-order valence-corrected chi connectivity index (χ1v) is 4.19. The van der Waals surface area contributed by atoms with Crippen LogP contribution in [0.4, 0.5) is 0 Å². The van der Waals surface area contributed by atoms with Gasteiger partial charge in [0.2, 0.25) is 0 Å². The van der Waals surface area contributed by atoms with Crippen molar-refractivity contribution in [2.45, 2.75) is 0 Å². The molecule has 0 amide bonds. The molecule has 1 rings (SSSR count). The normalized spacial score (nSPS) is 9.62. The van der Waals surface area contributed by atoms with E-state index in [1.54, 1.807) is 24.3 Å². The summed E-state index contributed by atoms with van der Waals surface area (Å²) in [5.74, 6) is 0.792. The third-order valence-electron chi connectivity index (χ3n) is 1.64. The van der Waals surface area contributed by atoms with E-state index in [1.165, 1.54) is 0 Å². The van der Waals surface area contributed by atoms with Crippen LogP contribution in [0.5, 0.6) is 5.75 Å². The van der Waals surface area contributed by atoms with Gasteiger partial charge >= 0.3 is 0 Å². The minimum absolute atomic E-state index is 0.636. The lowest BCUT2D eigenvalue weighted by atomic mass is 10.2. The van der Waals surface area contributed by atoms with E-state index in [9.17, 15) is 4.79 Å². The lowest BCUT2D eigenvalue weighted by Gasteiger charge is -2.04. The summed E-state index contributed by atoms with van der Waals surface area (Å²) in [6.07, 6.45) is 0.817. The molecule has 0 heterocycles. The molecule has 3 heteroatoms. The van der Waals surface area contributed by atoms with Gasteiger partial charge in [0.15, 0.2) is 0 Å². The average Bonchev–Trinajstić information content (AvgIpc) is 2.19. The topological polar surface area (TPSA) is 38.3 Å². The number of hydrogen-bond donors (Lipinski definition) is 1. The Bertz CT molecular complexity index is 256. The number of benzene rings is 1. The van der Waals surface area contributed by atoms with E-state index in [-0.39, 0.29) is 0 Å². The van der Waals surface area contributed by atoms with Crippen molar-refractivity contribution in [3.8, 4) is 5.75 Å². The molecule has 0 radical (unpaired) electrons. The molecule has 0 aromatic heterocycles. The summed E-state index contributed by atoms with van der Waals surface area (Å²) >= 11 is 0. The van der Waals surface area contributed by atoms with Gasteiger partial charge in [-0.15, -0.1) is 0 Å². The average molecular weight is 179 g/mol. The van der Waals surface area contributed by atoms with Gasteiger partial charge in [-0.1, -0.05) is 0 Å². The maximum Gasteiger partial charge on any atom is 0.150 e. The van der Waals surface area contributed by atoms with E-state index >= 15 is 0 Å². The van der Waals surface area contributed by atoms with Gasteiger partial charge < -0.3 is 10.1 Å². The highest BCUT2D eigenvalue weighted by atomic mass is 16.5. The fourth-order valence-corrected chi connectivity index (χ4v) is 0.914. The van der Waals surface area contributed by atoms with E-state index in [2.05, 4.69) is 5.32 Å². The second-order valence-electron chi connectivity index (χ2n) is 2.64. The van der Waals surface area contributed by atoms with Crippen molar-refractivity contribution in [3.63, 3.8) is 0 Å². The molecule has 1 aromatic carbocycles. The van der Waals surface area contributed by atoms with Gasteiger partial charge in [-0.05, 0) is 31.3 Å². The lowest BCUT2D eigenvalue weighted by Crippen LogP contribution is -2.15. The summed E-state index contributed by atoms with van der Waals surface area (Å²) in [6.45, 7) is 1.45. The van der Waals surface area contributed by atoms with E-state index in [4.69, 9.17) is 4.74 Å². The van der Waals surface area contributed by atoms with Gasteiger partial charge in [0.05, 0.1) is 0 Å². The second kappa shape index (κ2) is 5.32. The number of ether oxygens (including phenoxy) is 1. The van der Waals surface area contributed by atoms with Crippen LogP contribution in [0, 0.1) is 0 Å². The van der Waals surface area contributed by atoms with Crippen LogP contribution in [-0.4, -0.2) is 26.5 Å². The van der Waals surface area contributed by atoms with Crippen molar-refractivity contribution in [3.05, 3.63) is 29.8 Å². The molecule has 1 N–H and O–H groups in total. The summed E-state index contributed by atoms with van der Waals surface area (Å²) in [6, 6.07) is 7.06. The van der Waals surface area contributed by atoms with Gasteiger partial charge in [-0.2, -0.15) is 0 Å². The number of nitrogens with one attached hydrogen (secondary N) is 1. The first-order chi connectivity index (χ1) is 6.36. The zero-order valence-electron chi connectivity index (χ0n) is 7.62. The first kappa shape index (κ1) is 9.74. The maximum atomic E-state index is 10.3. The predicted molar refractivity (Wildman–Crippen MR) is 51.3 cm³/mol. The number of carbonyl (C=O) groups excluding carboxylic acids is 1. The largest absolute Gasteiger partial charge is 0.492 e. The van der Waals surface area contributed by atoms with Crippen LogP contribution < -0.4 is 10.1 Å². The van der Waals surface area contributed by atoms with Crippen molar-refractivity contribution in [2.75, 3.05) is 20.2 Å². The second-order valence-corrected chi connectivity index (χ2v) is 2.64. The van der Waals surface area contributed by atoms with E-state index in [0.29, 0.717) is 12.2 Å². The highest BCUT2D eigenvalue weighted by molar-refractivity contribution is 5.74. The molecule has 3 nitrogen and oxygen atoms in total. The van der Waals surface area contributed by atoms with Gasteiger partial charge in [0.25, 0.3) is 0 Å². The van der Waals surface area contributed by atoms with Gasteiger partial charge in [0.1, 0.15) is 18.6 Å². The fourth-order valence-electron chi connectivity index (χ4n) is 0.914. The standard InChI is InChI=1S/C10H13NO2/c1-11-6-7-13-10-4-2-9(8-12)3-5-10/h2-5,8,11H,6-7H2,1H3. The highest BCUT2D eigenvalue weighted by Crippen LogP contribution is 2.10. The number of hydrogen-bond acceptors (Lipinski definition) is 3. The molecule has 0 bridgehead atoms. The van der Waals surface area contributed by atoms with Crippen LogP contribution in [-0.2, 0) is 0 Å². The predicted octanol–water partition coefficient (Wildman–Crippen LogP) is 1.10. The molecule has 0 spiro atoms. The van der Waals surface area contributed by atoms with Crippen LogP contribution in [0.15, 0.2) is 24.3 Å². The Morgan fingerprint density at radius 2 is 2.08 bits per heavy atom. The number of carbonyl (C=O) groups is 1. The summed E-state index contributed by atoms with van der Waals surface area (Å²) in [5.41, 5.74) is 0.668. The molecule has 0 atom stereocenters. The summed E-state index contributed by atoms with van der Waals surface area (Å²) < 4.78 is 5.37. The molecule has 0 saturated carbocycles. The molecule has 0 saturated heterocycles. The summed E-state index contributed by atoms with van der Waals surface area (Å²) in [5, 5.41) is 2.98. The zero-order chi connectivity index (χ0) is 9.52. The van der Waals surface area contributed by atoms with Crippen molar-refractivity contribution in [1.29, 1.82) is 0 Å². The van der Waals surface area contributed by atoms with Gasteiger partial charge in [-0.3, -0.25) is 4.79 Å². The van der Waals surface area contributed by atoms with Crippen molar-refractivity contribution >= 4 is 6.29 Å². The number of aldehydes is 1. The van der Waals surface area contributed by atoms with Crippen molar-refractivity contribution < 1.29 is 9.53 Å². The quantitative estimate of drug-likeness (QED) is 0.543. The molecule has 0 aliphatic heterocycles. The maximum absolute atomic E-state index is 10.3. The molecule has 0 unspecified atom stereocenters. The van der Waals surface area contributed by atoms with Crippen molar-refractivity contribution in [1.82, 2.24) is 5.32 Å². The van der Waals surface area contributed by atoms with E-state index in [0.717, 1.165) is 18.6 Å². The number of rotatable bonds is 5. The highest BCUT2D eigenvalue weighted by Gasteiger charge is 1.93. The Morgan fingerprint density at radius 1 is 1.38 bits per heavy atom. The lowest BCUT2D eigenvalue weighted by molar-refractivity contribution is 0.112.